The maximum absolute atomic E-state index is 13.4. The molecule has 0 bridgehead atoms. The van der Waals surface area contributed by atoms with Crippen LogP contribution in [0.1, 0.15) is 13.3 Å². The summed E-state index contributed by atoms with van der Waals surface area (Å²) in [5.74, 6) is 0.0706. The Kier molecular flexibility index (Phi) is 4.90. The van der Waals surface area contributed by atoms with Crippen LogP contribution in [0.3, 0.4) is 0 Å². The molecule has 1 unspecified atom stereocenters. The number of aromatic amines is 1. The van der Waals surface area contributed by atoms with E-state index in [0.717, 1.165) is 23.1 Å². The standard InChI is InChI=1S/C21H24FN5O/c1-14-8-11-27(21(28)25-16-5-3-4-15(22)12-16)13-19(14)26(2)18-7-10-24-20-17(18)6-9-23-20/h3-7,9-10,12,14,19H,8,11,13H2,1-2H3,(H,23,24)(H,25,28)/t14-,19?/m1/s1. The van der Waals surface area contributed by atoms with Crippen LogP contribution in [0.25, 0.3) is 11.0 Å². The molecule has 2 amide bonds. The molecule has 6 nitrogen and oxygen atoms in total. The Morgan fingerprint density at radius 3 is 3.04 bits per heavy atom. The lowest BCUT2D eigenvalue weighted by Gasteiger charge is -2.42. The molecule has 3 aromatic rings. The number of amides is 2. The lowest BCUT2D eigenvalue weighted by Crippen LogP contribution is -2.53. The van der Waals surface area contributed by atoms with E-state index in [1.54, 1.807) is 18.3 Å². The van der Waals surface area contributed by atoms with Crippen LogP contribution < -0.4 is 10.2 Å². The Bertz CT molecular complexity index is 988. The van der Waals surface area contributed by atoms with E-state index < -0.39 is 0 Å². The molecule has 3 heterocycles. The van der Waals surface area contributed by atoms with Crippen LogP contribution in [-0.2, 0) is 0 Å². The van der Waals surface area contributed by atoms with Crippen LogP contribution in [-0.4, -0.2) is 47.1 Å². The highest BCUT2D eigenvalue weighted by molar-refractivity contribution is 5.90. The molecule has 2 N–H and O–H groups in total. The van der Waals surface area contributed by atoms with Crippen molar-refractivity contribution in [3.63, 3.8) is 0 Å². The second-order valence-corrected chi connectivity index (χ2v) is 7.40. The fourth-order valence-corrected chi connectivity index (χ4v) is 3.94. The van der Waals surface area contributed by atoms with Crippen molar-refractivity contribution < 1.29 is 9.18 Å². The zero-order valence-corrected chi connectivity index (χ0v) is 16.0. The lowest BCUT2D eigenvalue weighted by molar-refractivity contribution is 0.172. The van der Waals surface area contributed by atoms with Gasteiger partial charge in [0.15, 0.2) is 0 Å². The van der Waals surface area contributed by atoms with Gasteiger partial charge in [0.2, 0.25) is 0 Å². The number of rotatable bonds is 3. The van der Waals surface area contributed by atoms with Crippen molar-refractivity contribution in [3.8, 4) is 0 Å². The summed E-state index contributed by atoms with van der Waals surface area (Å²) in [7, 11) is 2.07. The Balaban J connectivity index is 1.51. The normalized spacial score (nSPS) is 19.6. The Morgan fingerprint density at radius 1 is 1.36 bits per heavy atom. The molecule has 4 rings (SSSR count). The van der Waals surface area contributed by atoms with Crippen LogP contribution in [0.2, 0.25) is 0 Å². The SMILES string of the molecule is C[C@@H]1CCN(C(=O)Nc2cccc(F)c2)CC1N(C)c1ccnc2[nH]ccc12. The van der Waals surface area contributed by atoms with Crippen molar-refractivity contribution in [1.29, 1.82) is 0 Å². The number of aromatic nitrogens is 2. The summed E-state index contributed by atoms with van der Waals surface area (Å²) in [6.45, 7) is 3.51. The molecule has 7 heteroatoms. The number of H-pyrrole nitrogens is 1. The molecule has 146 valence electrons. The maximum Gasteiger partial charge on any atom is 0.321 e. The molecular weight excluding hydrogens is 357 g/mol. The van der Waals surface area contributed by atoms with Crippen molar-refractivity contribution in [3.05, 3.63) is 54.6 Å². The second kappa shape index (κ2) is 7.50. The van der Waals surface area contributed by atoms with Gasteiger partial charge in [-0.2, -0.15) is 0 Å². The van der Waals surface area contributed by atoms with Gasteiger partial charge in [-0.25, -0.2) is 14.2 Å². The Hall–Kier alpha value is -3.09. The first-order chi connectivity index (χ1) is 13.5. The van der Waals surface area contributed by atoms with E-state index in [2.05, 4.69) is 34.2 Å². The third-order valence-corrected chi connectivity index (χ3v) is 5.60. The first-order valence-electron chi connectivity index (χ1n) is 9.49. The molecule has 1 aliphatic rings. The highest BCUT2D eigenvalue weighted by Gasteiger charge is 2.32. The number of carbonyl (C=O) groups is 1. The van der Waals surface area contributed by atoms with E-state index in [9.17, 15) is 9.18 Å². The van der Waals surface area contributed by atoms with E-state index in [4.69, 9.17) is 0 Å². The van der Waals surface area contributed by atoms with E-state index in [1.165, 1.54) is 12.1 Å². The highest BCUT2D eigenvalue weighted by atomic mass is 19.1. The van der Waals surface area contributed by atoms with Crippen LogP contribution >= 0.6 is 0 Å². The number of halogens is 1. The van der Waals surface area contributed by atoms with Gasteiger partial charge in [-0.3, -0.25) is 0 Å². The number of fused-ring (bicyclic) bond motifs is 1. The average Bonchev–Trinajstić information content (AvgIpc) is 3.16. The minimum atomic E-state index is -0.365. The monoisotopic (exact) mass is 381 g/mol. The van der Waals surface area contributed by atoms with E-state index in [1.807, 2.05) is 23.2 Å². The number of likely N-dealkylation sites (tertiary alicyclic amines) is 1. The van der Waals surface area contributed by atoms with E-state index in [0.29, 0.717) is 24.7 Å². The zero-order chi connectivity index (χ0) is 19.7. The van der Waals surface area contributed by atoms with Crippen LogP contribution in [0.15, 0.2) is 48.8 Å². The van der Waals surface area contributed by atoms with E-state index in [-0.39, 0.29) is 17.9 Å². The fourth-order valence-electron chi connectivity index (χ4n) is 3.94. The van der Waals surface area contributed by atoms with Gasteiger partial charge in [-0.05, 0) is 42.7 Å². The number of carbonyl (C=O) groups excluding carboxylic acids is 1. The largest absolute Gasteiger partial charge is 0.369 e. The molecule has 1 aliphatic heterocycles. The quantitative estimate of drug-likeness (QED) is 0.719. The number of nitrogens with zero attached hydrogens (tertiary/aromatic N) is 3. The van der Waals surface area contributed by atoms with Crippen LogP contribution in [0.5, 0.6) is 0 Å². The molecule has 2 atom stereocenters. The lowest BCUT2D eigenvalue weighted by atomic mass is 9.92. The molecule has 0 saturated carbocycles. The summed E-state index contributed by atoms with van der Waals surface area (Å²) in [6.07, 6.45) is 4.59. The number of hydrogen-bond donors (Lipinski definition) is 2. The van der Waals surface area contributed by atoms with Gasteiger partial charge in [-0.1, -0.05) is 13.0 Å². The number of nitrogens with one attached hydrogen (secondary N) is 2. The summed E-state index contributed by atoms with van der Waals surface area (Å²) in [6, 6.07) is 9.98. The molecular formula is C21H24FN5O. The van der Waals surface area contributed by atoms with Crippen molar-refractivity contribution in [1.82, 2.24) is 14.9 Å². The van der Waals surface area contributed by atoms with Gasteiger partial charge in [0.05, 0.1) is 0 Å². The number of anilines is 2. The topological polar surface area (TPSA) is 64.3 Å². The number of benzene rings is 1. The summed E-state index contributed by atoms with van der Waals surface area (Å²) in [4.78, 5) is 24.3. The predicted molar refractivity (Wildman–Crippen MR) is 109 cm³/mol. The van der Waals surface area contributed by atoms with Crippen molar-refractivity contribution >= 4 is 28.4 Å². The summed E-state index contributed by atoms with van der Waals surface area (Å²) in [5, 5.41) is 3.87. The minimum Gasteiger partial charge on any atom is -0.369 e. The van der Waals surface area contributed by atoms with Gasteiger partial charge < -0.3 is 20.1 Å². The predicted octanol–water partition coefficient (Wildman–Crippen LogP) is 4.08. The van der Waals surface area contributed by atoms with Gasteiger partial charge in [0, 0.05) is 55.3 Å². The third kappa shape index (κ3) is 3.52. The van der Waals surface area contributed by atoms with Gasteiger partial charge in [0.25, 0.3) is 0 Å². The average molecular weight is 381 g/mol. The molecule has 0 spiro atoms. The van der Waals surface area contributed by atoms with Crippen LogP contribution in [0, 0.1) is 11.7 Å². The number of pyridine rings is 1. The van der Waals surface area contributed by atoms with Gasteiger partial charge in [-0.15, -0.1) is 0 Å². The summed E-state index contributed by atoms with van der Waals surface area (Å²) >= 11 is 0. The minimum absolute atomic E-state index is 0.174. The van der Waals surface area contributed by atoms with Crippen LogP contribution in [0.4, 0.5) is 20.6 Å². The van der Waals surface area contributed by atoms with Gasteiger partial charge in [0.1, 0.15) is 11.5 Å². The molecule has 1 fully saturated rings. The molecule has 1 aromatic carbocycles. The first kappa shape index (κ1) is 18.3. The van der Waals surface area contributed by atoms with Crippen molar-refractivity contribution in [2.75, 3.05) is 30.4 Å². The molecule has 0 radical (unpaired) electrons. The smallest absolute Gasteiger partial charge is 0.321 e. The summed E-state index contributed by atoms with van der Waals surface area (Å²) < 4.78 is 13.4. The highest BCUT2D eigenvalue weighted by Crippen LogP contribution is 2.30. The maximum atomic E-state index is 13.4. The first-order valence-corrected chi connectivity index (χ1v) is 9.49. The molecule has 2 aromatic heterocycles. The van der Waals surface area contributed by atoms with Crippen molar-refractivity contribution in [2.45, 2.75) is 19.4 Å². The van der Waals surface area contributed by atoms with Crippen molar-refractivity contribution in [2.24, 2.45) is 5.92 Å². The number of hydrogen-bond acceptors (Lipinski definition) is 3. The Labute approximate surface area is 163 Å². The molecule has 0 aliphatic carbocycles. The second-order valence-electron chi connectivity index (χ2n) is 7.40. The Morgan fingerprint density at radius 2 is 2.21 bits per heavy atom. The van der Waals surface area contributed by atoms with E-state index >= 15 is 0 Å². The third-order valence-electron chi connectivity index (χ3n) is 5.60. The zero-order valence-electron chi connectivity index (χ0n) is 16.0. The number of urea groups is 1. The molecule has 1 saturated heterocycles. The fraction of sp³-hybridized carbons (Fsp3) is 0.333. The number of piperidine rings is 1. The van der Waals surface area contributed by atoms with Gasteiger partial charge >= 0.3 is 6.03 Å². The number of likely N-dealkylation sites (N-methyl/N-ethyl adjacent to an activating group) is 1. The summed E-state index contributed by atoms with van der Waals surface area (Å²) in [5.41, 5.74) is 2.42. The molecule has 28 heavy (non-hydrogen) atoms.